The molecule has 92 valence electrons. The number of esters is 1. The van der Waals surface area contributed by atoms with Crippen LogP contribution in [0.2, 0.25) is 0 Å². The van der Waals surface area contributed by atoms with E-state index in [4.69, 9.17) is 4.74 Å². The molecule has 0 aromatic heterocycles. The molecule has 0 saturated carbocycles. The van der Waals surface area contributed by atoms with Crippen LogP contribution < -0.4 is 0 Å². The lowest BCUT2D eigenvalue weighted by molar-refractivity contribution is -0.154. The van der Waals surface area contributed by atoms with Crippen LogP contribution in [-0.2, 0) is 16.1 Å². The predicted octanol–water partition coefficient (Wildman–Crippen LogP) is 4.05. The zero-order chi connectivity index (χ0) is 10.6. The van der Waals surface area contributed by atoms with Crippen molar-refractivity contribution in [3.63, 3.8) is 0 Å². The van der Waals surface area contributed by atoms with Gasteiger partial charge >= 0.3 is 5.97 Å². The van der Waals surface area contributed by atoms with Crippen LogP contribution in [0, 0.1) is 5.41 Å². The van der Waals surface area contributed by atoms with Crippen LogP contribution in [0.4, 0.5) is 0 Å². The summed E-state index contributed by atoms with van der Waals surface area (Å²) in [5, 5.41) is 0. The number of hydrogen-bond acceptors (Lipinski definition) is 2. The van der Waals surface area contributed by atoms with Crippen LogP contribution >= 0.6 is 0 Å². The quantitative estimate of drug-likeness (QED) is 0.708. The summed E-state index contributed by atoms with van der Waals surface area (Å²) in [4.78, 5) is 11.4. The van der Waals surface area contributed by atoms with Gasteiger partial charge in [0.05, 0.1) is 5.41 Å². The Labute approximate surface area is 99.6 Å². The van der Waals surface area contributed by atoms with Crippen LogP contribution in [0.5, 0.6) is 0 Å². The first-order valence-electron chi connectivity index (χ1n) is 4.71. The van der Waals surface area contributed by atoms with Gasteiger partial charge in [0.1, 0.15) is 6.61 Å². The maximum atomic E-state index is 11.4. The second-order valence-electron chi connectivity index (χ2n) is 4.31. The third-order valence-electron chi connectivity index (χ3n) is 1.83. The van der Waals surface area contributed by atoms with E-state index in [-0.39, 0.29) is 20.8 Å². The molecule has 0 heterocycles. The van der Waals surface area contributed by atoms with Gasteiger partial charge in [-0.25, -0.2) is 0 Å². The highest BCUT2D eigenvalue weighted by Crippen LogP contribution is 2.16. The minimum absolute atomic E-state index is 0. The summed E-state index contributed by atoms with van der Waals surface area (Å²) in [5.41, 5.74) is 0.597. The van der Waals surface area contributed by atoms with Crippen LogP contribution in [0.15, 0.2) is 30.3 Å². The molecule has 0 N–H and O–H groups in total. The molecule has 1 aromatic carbocycles. The molecule has 0 fully saturated rings. The Morgan fingerprint density at radius 2 is 1.62 bits per heavy atom. The Morgan fingerprint density at radius 1 is 1.12 bits per heavy atom. The first kappa shape index (κ1) is 17.1. The number of carbonyl (C=O) groups is 1. The lowest BCUT2D eigenvalue weighted by Crippen LogP contribution is -2.22. The monoisotopic (exact) mass is 224 g/mol. The Hall–Kier alpha value is -1.31. The molecule has 0 saturated heterocycles. The second kappa shape index (κ2) is 7.04. The van der Waals surface area contributed by atoms with Crippen molar-refractivity contribution in [1.29, 1.82) is 0 Å². The lowest BCUT2D eigenvalue weighted by atomic mass is 9.97. The van der Waals surface area contributed by atoms with Crippen molar-refractivity contribution in [1.82, 2.24) is 0 Å². The molecule has 0 aliphatic carbocycles. The normalized spacial score (nSPS) is 9.69. The zero-order valence-electron chi connectivity index (χ0n) is 8.91. The minimum Gasteiger partial charge on any atom is -0.460 e. The van der Waals surface area contributed by atoms with Crippen molar-refractivity contribution in [2.45, 2.75) is 42.2 Å². The molecule has 0 aliphatic rings. The Bertz CT molecular complexity index is 296. The molecule has 0 bridgehead atoms. The topological polar surface area (TPSA) is 26.3 Å². The first-order valence-corrected chi connectivity index (χ1v) is 4.71. The molecule has 0 amide bonds. The summed E-state index contributed by atoms with van der Waals surface area (Å²) in [6.07, 6.45) is 0. The SMILES string of the molecule is C.C.CC(C)(C)C(=O)OCc1ccccc1. The van der Waals surface area contributed by atoms with E-state index in [1.807, 2.05) is 51.1 Å². The highest BCUT2D eigenvalue weighted by molar-refractivity contribution is 5.75. The van der Waals surface area contributed by atoms with Crippen molar-refractivity contribution in [3.05, 3.63) is 35.9 Å². The highest BCUT2D eigenvalue weighted by Gasteiger charge is 2.22. The van der Waals surface area contributed by atoms with Gasteiger partial charge in [-0.15, -0.1) is 0 Å². The van der Waals surface area contributed by atoms with Crippen LogP contribution in [0.25, 0.3) is 0 Å². The maximum absolute atomic E-state index is 11.4. The molecule has 0 spiro atoms. The van der Waals surface area contributed by atoms with Gasteiger partial charge in [-0.05, 0) is 26.3 Å². The molecular weight excluding hydrogens is 200 g/mol. The van der Waals surface area contributed by atoms with E-state index >= 15 is 0 Å². The van der Waals surface area contributed by atoms with E-state index in [0.717, 1.165) is 5.56 Å². The number of benzene rings is 1. The summed E-state index contributed by atoms with van der Waals surface area (Å²) < 4.78 is 5.15. The third kappa shape index (κ3) is 5.54. The van der Waals surface area contributed by atoms with Gasteiger partial charge in [0.15, 0.2) is 0 Å². The minimum atomic E-state index is -0.422. The fourth-order valence-corrected chi connectivity index (χ4v) is 0.940. The average molecular weight is 224 g/mol. The van der Waals surface area contributed by atoms with Crippen LogP contribution in [-0.4, -0.2) is 5.97 Å². The number of ether oxygens (including phenoxy) is 1. The number of carbonyl (C=O) groups excluding carboxylic acids is 1. The predicted molar refractivity (Wildman–Crippen MR) is 69.2 cm³/mol. The van der Waals surface area contributed by atoms with Gasteiger partial charge in [-0.3, -0.25) is 4.79 Å². The van der Waals surface area contributed by atoms with Gasteiger partial charge < -0.3 is 4.74 Å². The lowest BCUT2D eigenvalue weighted by Gasteiger charge is -2.16. The molecule has 0 aliphatic heterocycles. The van der Waals surface area contributed by atoms with Crippen LogP contribution in [0.3, 0.4) is 0 Å². The van der Waals surface area contributed by atoms with Crippen molar-refractivity contribution >= 4 is 5.97 Å². The molecule has 1 aromatic rings. The Balaban J connectivity index is 0. The molecule has 16 heavy (non-hydrogen) atoms. The smallest absolute Gasteiger partial charge is 0.311 e. The van der Waals surface area contributed by atoms with Gasteiger partial charge in [0, 0.05) is 0 Å². The van der Waals surface area contributed by atoms with E-state index in [2.05, 4.69) is 0 Å². The van der Waals surface area contributed by atoms with E-state index in [9.17, 15) is 4.79 Å². The molecule has 0 atom stereocenters. The van der Waals surface area contributed by atoms with Gasteiger partial charge in [-0.1, -0.05) is 45.2 Å². The molecule has 2 nitrogen and oxygen atoms in total. The summed E-state index contributed by atoms with van der Waals surface area (Å²) in [6.45, 7) is 5.90. The molecule has 1 rings (SSSR count). The zero-order valence-corrected chi connectivity index (χ0v) is 8.91. The standard InChI is InChI=1S/C12H16O2.2CH4/c1-12(2,3)11(13)14-9-10-7-5-4-6-8-10;;/h4-8H,9H2,1-3H3;2*1H4. The van der Waals surface area contributed by atoms with Gasteiger partial charge in [-0.2, -0.15) is 0 Å². The fraction of sp³-hybridized carbons (Fsp3) is 0.500. The summed E-state index contributed by atoms with van der Waals surface area (Å²) in [6, 6.07) is 9.68. The van der Waals surface area contributed by atoms with Crippen molar-refractivity contribution in [2.75, 3.05) is 0 Å². The van der Waals surface area contributed by atoms with Gasteiger partial charge in [0.2, 0.25) is 0 Å². The van der Waals surface area contributed by atoms with Crippen molar-refractivity contribution < 1.29 is 9.53 Å². The average Bonchev–Trinajstić information content (AvgIpc) is 2.14. The van der Waals surface area contributed by atoms with E-state index in [0.29, 0.717) is 6.61 Å². The highest BCUT2D eigenvalue weighted by atomic mass is 16.5. The summed E-state index contributed by atoms with van der Waals surface area (Å²) in [5.74, 6) is -0.165. The number of rotatable bonds is 2. The largest absolute Gasteiger partial charge is 0.460 e. The number of hydrogen-bond donors (Lipinski definition) is 0. The molecule has 0 radical (unpaired) electrons. The molecule has 2 heteroatoms. The summed E-state index contributed by atoms with van der Waals surface area (Å²) in [7, 11) is 0. The third-order valence-corrected chi connectivity index (χ3v) is 1.83. The Morgan fingerprint density at radius 3 is 2.06 bits per heavy atom. The van der Waals surface area contributed by atoms with Crippen molar-refractivity contribution in [3.8, 4) is 0 Å². The van der Waals surface area contributed by atoms with E-state index in [1.54, 1.807) is 0 Å². The van der Waals surface area contributed by atoms with E-state index in [1.165, 1.54) is 0 Å². The molecular formula is C14H24O2. The molecule has 0 unspecified atom stereocenters. The first-order chi connectivity index (χ1) is 6.50. The fourth-order valence-electron chi connectivity index (χ4n) is 0.940. The second-order valence-corrected chi connectivity index (χ2v) is 4.31. The maximum Gasteiger partial charge on any atom is 0.311 e. The van der Waals surface area contributed by atoms with E-state index < -0.39 is 5.41 Å². The van der Waals surface area contributed by atoms with Crippen molar-refractivity contribution in [2.24, 2.45) is 5.41 Å². The van der Waals surface area contributed by atoms with Crippen LogP contribution in [0.1, 0.15) is 41.2 Å². The Kier molecular flexibility index (Phi) is 7.53. The summed E-state index contributed by atoms with van der Waals surface area (Å²) >= 11 is 0. The van der Waals surface area contributed by atoms with Gasteiger partial charge in [0.25, 0.3) is 0 Å².